The molecular formula is C32H35Br2Cl3N10O3P2. The van der Waals surface area contributed by atoms with E-state index in [0.717, 1.165) is 18.4 Å². The van der Waals surface area contributed by atoms with E-state index in [2.05, 4.69) is 84.0 Å². The molecule has 4 heterocycles. The van der Waals surface area contributed by atoms with Gasteiger partial charge in [0.05, 0.1) is 36.3 Å². The van der Waals surface area contributed by atoms with Crippen LogP contribution in [0.2, 0.25) is 15.7 Å². The molecule has 6 rings (SSSR count). The van der Waals surface area contributed by atoms with Crippen LogP contribution in [0, 0.1) is 0 Å². The minimum Gasteiger partial charge on any atom is -0.398 e. The Morgan fingerprint density at radius 2 is 1.23 bits per heavy atom. The molecule has 20 heteroatoms. The van der Waals surface area contributed by atoms with Crippen molar-refractivity contribution in [2.24, 2.45) is 0 Å². The summed E-state index contributed by atoms with van der Waals surface area (Å²) in [5, 5.41) is 13.1. The number of nitrogens with zero attached hydrogens (tertiary/aromatic N) is 8. The van der Waals surface area contributed by atoms with Gasteiger partial charge in [-0.2, -0.15) is 4.98 Å². The van der Waals surface area contributed by atoms with E-state index in [1.165, 1.54) is 6.20 Å². The maximum atomic E-state index is 12.8. The summed E-state index contributed by atoms with van der Waals surface area (Å²) < 4.78 is 26.2. The van der Waals surface area contributed by atoms with Crippen molar-refractivity contribution in [2.45, 2.75) is 19.8 Å². The molecule has 4 aromatic heterocycles. The maximum absolute atomic E-state index is 12.8. The lowest BCUT2D eigenvalue weighted by Crippen LogP contribution is -2.13. The molecular weight excluding hydrogens is 901 g/mol. The molecule has 2 aromatic carbocycles. The second-order valence-electron chi connectivity index (χ2n) is 11.3. The smallest absolute Gasteiger partial charge is 0.224 e. The van der Waals surface area contributed by atoms with Gasteiger partial charge in [-0.15, -0.1) is 0 Å². The van der Waals surface area contributed by atoms with Gasteiger partial charge in [0.1, 0.15) is 36.3 Å². The molecule has 0 fully saturated rings. The number of unbranched alkanes of at least 4 members (excludes halogenated alkanes) is 1. The Balaban J connectivity index is 0.000000215. The van der Waals surface area contributed by atoms with Crippen LogP contribution in [0.3, 0.4) is 0 Å². The van der Waals surface area contributed by atoms with Crippen molar-refractivity contribution < 1.29 is 14.2 Å². The summed E-state index contributed by atoms with van der Waals surface area (Å²) in [5.41, 5.74) is 9.69. The topological polar surface area (TPSA) is 196 Å². The molecule has 276 valence electrons. The Labute approximate surface area is 333 Å². The number of nitrogens with one attached hydrogen (secondary N) is 1. The number of aliphatic hydroxyl groups is 1. The molecule has 0 unspecified atom stereocenters. The lowest BCUT2D eigenvalue weighted by Gasteiger charge is -2.17. The Morgan fingerprint density at radius 1 is 0.731 bits per heavy atom. The van der Waals surface area contributed by atoms with Crippen LogP contribution in [0.5, 0.6) is 0 Å². The minimum absolute atomic E-state index is 0.119. The molecule has 6 aromatic rings. The van der Waals surface area contributed by atoms with E-state index in [9.17, 15) is 9.13 Å². The molecule has 0 saturated heterocycles. The number of hydrogen-bond donors (Lipinski definition) is 3. The fourth-order valence-electron chi connectivity index (χ4n) is 4.32. The third kappa shape index (κ3) is 12.6. The van der Waals surface area contributed by atoms with E-state index < -0.39 is 14.3 Å². The number of anilines is 3. The highest BCUT2D eigenvalue weighted by atomic mass is 79.9. The van der Waals surface area contributed by atoms with Crippen LogP contribution in [0.25, 0.3) is 22.1 Å². The first kappa shape index (κ1) is 43.5. The first-order valence-corrected chi connectivity index (χ1v) is 23.1. The monoisotopic (exact) mass is 932 g/mol. The maximum Gasteiger partial charge on any atom is 0.224 e. The van der Waals surface area contributed by atoms with Crippen LogP contribution >= 0.6 is 80.9 Å². The predicted octanol–water partition coefficient (Wildman–Crippen LogP) is 8.61. The zero-order valence-electron chi connectivity index (χ0n) is 28.6. The van der Waals surface area contributed by atoms with Gasteiger partial charge in [-0.3, -0.25) is 19.9 Å². The molecule has 0 aliphatic carbocycles. The number of benzene rings is 2. The molecule has 0 radical (unpaired) electrons. The number of rotatable bonds is 6. The first-order valence-electron chi connectivity index (χ1n) is 15.2. The molecule has 52 heavy (non-hydrogen) atoms. The normalized spacial score (nSPS) is 11.1. The van der Waals surface area contributed by atoms with Crippen molar-refractivity contribution in [3.8, 4) is 0 Å². The standard InChI is InChI=1S/C14H12BrClN5OP.C10H12N3OP.C4HBrCl2N2.C4H10O/c1-23(2,22)12-10(4-3-9-11(12)18-6-5-17-9)20-13-8(15)7-19-14(16)21-13;1-15(2,14)10-7(11)3-4-8-9(10)13-6-5-12-8;5-2-1-8-4(7)9-3(2)6;1-2-3-4-5/h3-7H,1-2H3,(H,19,20,21);3-6H,11H2,1-2H3;1H;5H,2-4H2,1H3. The molecule has 0 saturated carbocycles. The Kier molecular flexibility index (Phi) is 16.7. The SMILES string of the molecule is CCCCO.CP(C)(=O)c1c(N)ccc2nccnc12.CP(C)(=O)c1c(Nc2nc(Cl)ncc2Br)ccc2nccnc12.Clc1ncc(Br)c(Cl)n1. The van der Waals surface area contributed by atoms with Gasteiger partial charge in [0.25, 0.3) is 0 Å². The van der Waals surface area contributed by atoms with Crippen LogP contribution in [-0.2, 0) is 9.13 Å². The summed E-state index contributed by atoms with van der Waals surface area (Å²) >= 11 is 23.3. The third-order valence-corrected chi connectivity index (χ3v) is 11.6. The Morgan fingerprint density at radius 3 is 1.71 bits per heavy atom. The van der Waals surface area contributed by atoms with E-state index >= 15 is 0 Å². The summed E-state index contributed by atoms with van der Waals surface area (Å²) in [4.78, 5) is 32.3. The van der Waals surface area contributed by atoms with Crippen molar-refractivity contribution in [1.82, 2.24) is 39.9 Å². The van der Waals surface area contributed by atoms with Gasteiger partial charge in [0.2, 0.25) is 10.6 Å². The van der Waals surface area contributed by atoms with Crippen molar-refractivity contribution in [3.63, 3.8) is 0 Å². The molecule has 0 bridgehead atoms. The molecule has 0 amide bonds. The van der Waals surface area contributed by atoms with Gasteiger partial charge in [-0.05, 0) is 112 Å². The van der Waals surface area contributed by atoms with E-state index in [4.69, 9.17) is 45.6 Å². The van der Waals surface area contributed by atoms with Gasteiger partial charge in [-0.1, -0.05) is 24.9 Å². The summed E-state index contributed by atoms with van der Waals surface area (Å²) in [6.45, 7) is 9.17. The highest BCUT2D eigenvalue weighted by Gasteiger charge is 2.22. The lowest BCUT2D eigenvalue weighted by molar-refractivity contribution is 0.287. The third-order valence-electron chi connectivity index (χ3n) is 6.49. The van der Waals surface area contributed by atoms with Gasteiger partial charge in [0, 0.05) is 49.5 Å². The molecule has 0 atom stereocenters. The summed E-state index contributed by atoms with van der Waals surface area (Å²) in [6.07, 6.45) is 11.5. The highest BCUT2D eigenvalue weighted by molar-refractivity contribution is 9.11. The number of nitrogen functional groups attached to an aromatic ring is 1. The average Bonchev–Trinajstić information content (AvgIpc) is 3.08. The second-order valence-corrected chi connectivity index (χ2v) is 20.4. The second kappa shape index (κ2) is 20.0. The van der Waals surface area contributed by atoms with Crippen molar-refractivity contribution in [1.29, 1.82) is 0 Å². The van der Waals surface area contributed by atoms with Crippen LogP contribution in [0.1, 0.15) is 19.8 Å². The first-order chi connectivity index (χ1) is 24.5. The number of halogens is 5. The van der Waals surface area contributed by atoms with E-state index in [-0.39, 0.29) is 10.6 Å². The van der Waals surface area contributed by atoms with E-state index in [0.29, 0.717) is 65.1 Å². The van der Waals surface area contributed by atoms with E-state index in [1.54, 1.807) is 69.8 Å². The van der Waals surface area contributed by atoms with Crippen LogP contribution in [0.4, 0.5) is 17.2 Å². The number of aromatic nitrogens is 8. The van der Waals surface area contributed by atoms with Crippen LogP contribution in [-0.4, -0.2) is 78.2 Å². The number of nitrogens with two attached hydrogens (primary N) is 1. The minimum atomic E-state index is -2.62. The number of fused-ring (bicyclic) bond motifs is 2. The zero-order chi connectivity index (χ0) is 38.6. The van der Waals surface area contributed by atoms with Crippen LogP contribution < -0.4 is 21.7 Å². The quantitative estimate of drug-likeness (QED) is 0.0622. The fraction of sp³-hybridized carbons (Fsp3) is 0.250. The number of aliphatic hydroxyl groups excluding tert-OH is 1. The zero-order valence-corrected chi connectivity index (χ0v) is 35.8. The predicted molar refractivity (Wildman–Crippen MR) is 221 cm³/mol. The van der Waals surface area contributed by atoms with Crippen molar-refractivity contribution in [2.75, 3.05) is 44.3 Å². The highest BCUT2D eigenvalue weighted by Crippen LogP contribution is 2.41. The van der Waals surface area contributed by atoms with Gasteiger partial charge >= 0.3 is 0 Å². The summed E-state index contributed by atoms with van der Waals surface area (Å²) in [5.74, 6) is 0.489. The largest absolute Gasteiger partial charge is 0.398 e. The van der Waals surface area contributed by atoms with Crippen LogP contribution in [0.15, 0.2) is 70.4 Å². The number of hydrogen-bond acceptors (Lipinski definition) is 13. The summed E-state index contributed by atoms with van der Waals surface area (Å²) in [7, 11) is -5.05. The fourth-order valence-corrected chi connectivity index (χ4v) is 8.01. The van der Waals surface area contributed by atoms with Gasteiger partial charge < -0.3 is 25.3 Å². The van der Waals surface area contributed by atoms with Gasteiger partial charge in [0.15, 0.2) is 0 Å². The Bertz CT molecular complexity index is 2250. The van der Waals surface area contributed by atoms with Gasteiger partial charge in [-0.25, -0.2) is 15.0 Å². The lowest BCUT2D eigenvalue weighted by atomic mass is 10.2. The molecule has 0 aliphatic rings. The Hall–Kier alpha value is -2.87. The molecule has 4 N–H and O–H groups in total. The summed E-state index contributed by atoms with van der Waals surface area (Å²) in [6, 6.07) is 7.15. The average molecular weight is 936 g/mol. The molecule has 0 spiro atoms. The molecule has 13 nitrogen and oxygen atoms in total. The van der Waals surface area contributed by atoms with Crippen molar-refractivity contribution >= 4 is 131 Å². The molecule has 0 aliphatic heterocycles. The van der Waals surface area contributed by atoms with Crippen molar-refractivity contribution in [3.05, 3.63) is 86.1 Å². The van der Waals surface area contributed by atoms with E-state index in [1.807, 2.05) is 12.1 Å².